The predicted octanol–water partition coefficient (Wildman–Crippen LogP) is 3.57. The fourth-order valence-corrected chi connectivity index (χ4v) is 1.67. The molecule has 1 amide bonds. The molecule has 112 valence electrons. The van der Waals surface area contributed by atoms with Crippen molar-refractivity contribution >= 4 is 6.09 Å². The summed E-state index contributed by atoms with van der Waals surface area (Å²) in [6, 6.07) is 9.13. The molecule has 1 rings (SSSR count). The average molecular weight is 286 g/mol. The van der Waals surface area contributed by atoms with Gasteiger partial charge in [-0.3, -0.25) is 0 Å². The molecule has 0 heterocycles. The molecule has 0 saturated heterocycles. The highest BCUT2D eigenvalue weighted by atomic mass is 16.6. The van der Waals surface area contributed by atoms with E-state index in [4.69, 9.17) is 10.00 Å². The third kappa shape index (κ3) is 5.70. The molecule has 4 nitrogen and oxygen atoms in total. The molecule has 0 bridgehead atoms. The Morgan fingerprint density at radius 1 is 1.48 bits per heavy atom. The smallest absolute Gasteiger partial charge is 0.408 e. The van der Waals surface area contributed by atoms with Crippen LogP contribution in [-0.2, 0) is 11.2 Å². The van der Waals surface area contributed by atoms with Crippen molar-refractivity contribution in [1.29, 1.82) is 5.26 Å². The Bertz CT molecular complexity index is 527. The third-order valence-electron chi connectivity index (χ3n) is 3.35. The standard InChI is InChI=1S/C17H22N2O2/c1-5-15(19-16(20)21-17(3,4)6-2)11-13-7-9-14(12-18)10-8-13/h5,7-10,15H,1,6,11H2,2-4H3,(H,19,20)/t15-/m0/s1. The van der Waals surface area contributed by atoms with Crippen LogP contribution in [0.3, 0.4) is 0 Å². The van der Waals surface area contributed by atoms with Crippen LogP contribution < -0.4 is 5.32 Å². The molecule has 1 N–H and O–H groups in total. The monoisotopic (exact) mass is 286 g/mol. The summed E-state index contributed by atoms with van der Waals surface area (Å²) < 4.78 is 5.35. The fraction of sp³-hybridized carbons (Fsp3) is 0.412. The van der Waals surface area contributed by atoms with Crippen molar-refractivity contribution in [3.63, 3.8) is 0 Å². The molecule has 0 aliphatic heterocycles. The molecule has 21 heavy (non-hydrogen) atoms. The van der Waals surface area contributed by atoms with Crippen LogP contribution in [0.4, 0.5) is 4.79 Å². The maximum atomic E-state index is 11.9. The summed E-state index contributed by atoms with van der Waals surface area (Å²) in [5.74, 6) is 0. The minimum absolute atomic E-state index is 0.210. The Morgan fingerprint density at radius 2 is 2.10 bits per heavy atom. The Morgan fingerprint density at radius 3 is 2.57 bits per heavy atom. The molecule has 0 aliphatic carbocycles. The van der Waals surface area contributed by atoms with E-state index in [1.807, 2.05) is 32.9 Å². The summed E-state index contributed by atoms with van der Waals surface area (Å²) in [4.78, 5) is 11.9. The Balaban J connectivity index is 2.60. The van der Waals surface area contributed by atoms with Gasteiger partial charge in [0.05, 0.1) is 17.7 Å². The highest BCUT2D eigenvalue weighted by Gasteiger charge is 2.21. The number of nitriles is 1. The first kappa shape index (κ1) is 16.8. The second-order valence-corrected chi connectivity index (χ2v) is 5.50. The van der Waals surface area contributed by atoms with Crippen LogP contribution in [0, 0.1) is 11.3 Å². The Labute approximate surface area is 126 Å². The number of alkyl carbamates (subject to hydrolysis) is 1. The van der Waals surface area contributed by atoms with E-state index in [9.17, 15) is 4.79 Å². The number of carbonyl (C=O) groups is 1. The Hall–Kier alpha value is -2.28. The van der Waals surface area contributed by atoms with Gasteiger partial charge in [0.2, 0.25) is 0 Å². The van der Waals surface area contributed by atoms with Gasteiger partial charge in [-0.2, -0.15) is 5.26 Å². The number of amides is 1. The third-order valence-corrected chi connectivity index (χ3v) is 3.35. The van der Waals surface area contributed by atoms with Gasteiger partial charge in [-0.15, -0.1) is 6.58 Å². The van der Waals surface area contributed by atoms with Crippen molar-refractivity contribution in [2.45, 2.75) is 45.3 Å². The summed E-state index contributed by atoms with van der Waals surface area (Å²) in [7, 11) is 0. The summed E-state index contributed by atoms with van der Waals surface area (Å²) in [5, 5.41) is 11.6. The minimum Gasteiger partial charge on any atom is -0.444 e. The van der Waals surface area contributed by atoms with E-state index in [1.54, 1.807) is 18.2 Å². The molecule has 0 unspecified atom stereocenters. The maximum Gasteiger partial charge on any atom is 0.408 e. The summed E-state index contributed by atoms with van der Waals surface area (Å²) >= 11 is 0. The van der Waals surface area contributed by atoms with E-state index in [0.717, 1.165) is 12.0 Å². The van der Waals surface area contributed by atoms with Crippen molar-refractivity contribution in [2.24, 2.45) is 0 Å². The molecular weight excluding hydrogens is 264 g/mol. The number of hydrogen-bond donors (Lipinski definition) is 1. The number of carbonyl (C=O) groups excluding carboxylic acids is 1. The average Bonchev–Trinajstić information content (AvgIpc) is 2.46. The van der Waals surface area contributed by atoms with Gasteiger partial charge >= 0.3 is 6.09 Å². The zero-order valence-electron chi connectivity index (χ0n) is 12.8. The van der Waals surface area contributed by atoms with Gasteiger partial charge in [0.15, 0.2) is 0 Å². The number of ether oxygens (including phenoxy) is 1. The lowest BCUT2D eigenvalue weighted by molar-refractivity contribution is 0.0352. The molecule has 0 aliphatic rings. The lowest BCUT2D eigenvalue weighted by Crippen LogP contribution is -2.40. The van der Waals surface area contributed by atoms with E-state index in [2.05, 4.69) is 18.0 Å². The first-order valence-corrected chi connectivity index (χ1v) is 7.01. The van der Waals surface area contributed by atoms with E-state index < -0.39 is 11.7 Å². The van der Waals surface area contributed by atoms with Gasteiger partial charge in [-0.05, 0) is 44.4 Å². The number of nitrogens with zero attached hydrogens (tertiary/aromatic N) is 1. The van der Waals surface area contributed by atoms with Crippen LogP contribution >= 0.6 is 0 Å². The van der Waals surface area contributed by atoms with E-state index in [0.29, 0.717) is 12.0 Å². The van der Waals surface area contributed by atoms with Gasteiger partial charge in [-0.1, -0.05) is 25.1 Å². The van der Waals surface area contributed by atoms with E-state index in [-0.39, 0.29) is 6.04 Å². The largest absolute Gasteiger partial charge is 0.444 e. The van der Waals surface area contributed by atoms with Gasteiger partial charge in [-0.25, -0.2) is 4.79 Å². The van der Waals surface area contributed by atoms with Crippen LogP contribution in [0.5, 0.6) is 0 Å². The second kappa shape index (κ2) is 7.49. The normalized spacial score (nSPS) is 12.1. The predicted molar refractivity (Wildman–Crippen MR) is 82.8 cm³/mol. The lowest BCUT2D eigenvalue weighted by Gasteiger charge is -2.25. The first-order valence-electron chi connectivity index (χ1n) is 7.01. The number of rotatable bonds is 6. The molecule has 4 heteroatoms. The molecular formula is C17H22N2O2. The van der Waals surface area contributed by atoms with Crippen LogP contribution in [0.1, 0.15) is 38.3 Å². The molecule has 0 fully saturated rings. The topological polar surface area (TPSA) is 62.1 Å². The van der Waals surface area contributed by atoms with Crippen molar-refractivity contribution in [3.05, 3.63) is 48.0 Å². The van der Waals surface area contributed by atoms with Crippen molar-refractivity contribution in [1.82, 2.24) is 5.32 Å². The van der Waals surface area contributed by atoms with Crippen LogP contribution in [0.15, 0.2) is 36.9 Å². The fourth-order valence-electron chi connectivity index (χ4n) is 1.67. The molecule has 1 aromatic carbocycles. The zero-order valence-corrected chi connectivity index (χ0v) is 12.8. The number of benzene rings is 1. The molecule has 1 aromatic rings. The summed E-state index contributed by atoms with van der Waals surface area (Å²) in [6.45, 7) is 9.45. The maximum absolute atomic E-state index is 11.9. The van der Waals surface area contributed by atoms with Crippen molar-refractivity contribution < 1.29 is 9.53 Å². The highest BCUT2D eigenvalue weighted by Crippen LogP contribution is 2.14. The lowest BCUT2D eigenvalue weighted by atomic mass is 10.0. The van der Waals surface area contributed by atoms with Crippen LogP contribution in [0.2, 0.25) is 0 Å². The first-order chi connectivity index (χ1) is 9.90. The molecule has 0 aromatic heterocycles. The quantitative estimate of drug-likeness (QED) is 0.813. The number of hydrogen-bond acceptors (Lipinski definition) is 3. The van der Waals surface area contributed by atoms with Gasteiger partial charge in [0.25, 0.3) is 0 Å². The van der Waals surface area contributed by atoms with E-state index in [1.165, 1.54) is 0 Å². The summed E-state index contributed by atoms with van der Waals surface area (Å²) in [6.07, 6.45) is 2.59. The molecule has 0 radical (unpaired) electrons. The van der Waals surface area contributed by atoms with E-state index >= 15 is 0 Å². The SMILES string of the molecule is C=C[C@@H](Cc1ccc(C#N)cc1)NC(=O)OC(C)(C)CC. The molecule has 1 atom stereocenters. The number of nitrogens with one attached hydrogen (secondary N) is 1. The van der Waals surface area contributed by atoms with Crippen LogP contribution in [0.25, 0.3) is 0 Å². The summed E-state index contributed by atoms with van der Waals surface area (Å²) in [5.41, 5.74) is 1.16. The zero-order chi connectivity index (χ0) is 15.9. The van der Waals surface area contributed by atoms with Crippen LogP contribution in [-0.4, -0.2) is 17.7 Å². The molecule has 0 spiro atoms. The van der Waals surface area contributed by atoms with Crippen molar-refractivity contribution in [2.75, 3.05) is 0 Å². The van der Waals surface area contributed by atoms with Gasteiger partial charge in [0, 0.05) is 0 Å². The molecule has 0 saturated carbocycles. The van der Waals surface area contributed by atoms with Crippen molar-refractivity contribution in [3.8, 4) is 6.07 Å². The van der Waals surface area contributed by atoms with Gasteiger partial charge < -0.3 is 10.1 Å². The minimum atomic E-state index is -0.482. The highest BCUT2D eigenvalue weighted by molar-refractivity contribution is 5.68. The van der Waals surface area contributed by atoms with Gasteiger partial charge in [0.1, 0.15) is 5.60 Å². The Kier molecular flexibility index (Phi) is 5.98. The second-order valence-electron chi connectivity index (χ2n) is 5.50.